The highest BCUT2D eigenvalue weighted by molar-refractivity contribution is 5.44. The quantitative estimate of drug-likeness (QED) is 0.719. The standard InChI is InChI=1S/C24H32N2O4/c1-18(2)21-5-3-4-6-22(21)28-16-20(27)15-26-11-9-25(10-12-26)14-19-7-8-23-24(13-19)30-17-29-23/h3-8,13,18,20,27H,9-12,14-17H2,1-2H3/t20-/m0/s1. The maximum atomic E-state index is 10.5. The van der Waals surface area contributed by atoms with Crippen molar-refractivity contribution in [3.8, 4) is 17.2 Å². The van der Waals surface area contributed by atoms with Crippen molar-refractivity contribution in [2.24, 2.45) is 0 Å². The first-order valence-electron chi connectivity index (χ1n) is 10.8. The lowest BCUT2D eigenvalue weighted by atomic mass is 10.0. The molecule has 0 aliphatic carbocycles. The molecule has 1 atom stereocenters. The molecule has 6 nitrogen and oxygen atoms in total. The summed E-state index contributed by atoms with van der Waals surface area (Å²) in [4.78, 5) is 4.76. The van der Waals surface area contributed by atoms with Gasteiger partial charge in [-0.3, -0.25) is 9.80 Å². The molecule has 1 saturated heterocycles. The Hall–Kier alpha value is -2.28. The highest BCUT2D eigenvalue weighted by atomic mass is 16.7. The summed E-state index contributed by atoms with van der Waals surface area (Å²) in [6.07, 6.45) is -0.495. The second-order valence-corrected chi connectivity index (χ2v) is 8.42. The van der Waals surface area contributed by atoms with Gasteiger partial charge in [0.25, 0.3) is 0 Å². The fourth-order valence-electron chi connectivity index (χ4n) is 4.05. The highest BCUT2D eigenvalue weighted by Gasteiger charge is 2.21. The predicted molar refractivity (Wildman–Crippen MR) is 116 cm³/mol. The van der Waals surface area contributed by atoms with E-state index < -0.39 is 6.10 Å². The first-order valence-corrected chi connectivity index (χ1v) is 10.8. The van der Waals surface area contributed by atoms with Crippen LogP contribution in [0.25, 0.3) is 0 Å². The molecule has 4 rings (SSSR count). The summed E-state index contributed by atoms with van der Waals surface area (Å²) in [5.41, 5.74) is 2.42. The first kappa shape index (κ1) is 21.0. The molecule has 0 saturated carbocycles. The van der Waals surface area contributed by atoms with Gasteiger partial charge in [-0.15, -0.1) is 0 Å². The van der Waals surface area contributed by atoms with Gasteiger partial charge >= 0.3 is 0 Å². The fourth-order valence-corrected chi connectivity index (χ4v) is 4.05. The minimum absolute atomic E-state index is 0.312. The molecule has 162 valence electrons. The van der Waals surface area contributed by atoms with Gasteiger partial charge in [0.15, 0.2) is 11.5 Å². The van der Waals surface area contributed by atoms with Crippen molar-refractivity contribution in [2.45, 2.75) is 32.4 Å². The Morgan fingerprint density at radius 3 is 2.50 bits per heavy atom. The van der Waals surface area contributed by atoms with Gasteiger partial charge in [0.1, 0.15) is 18.5 Å². The van der Waals surface area contributed by atoms with Crippen LogP contribution in [-0.4, -0.2) is 67.1 Å². The molecule has 2 aromatic rings. The van der Waals surface area contributed by atoms with Crippen LogP contribution in [0.3, 0.4) is 0 Å². The van der Waals surface area contributed by atoms with Gasteiger partial charge in [-0.1, -0.05) is 38.1 Å². The number of hydrogen-bond acceptors (Lipinski definition) is 6. The van der Waals surface area contributed by atoms with E-state index in [1.54, 1.807) is 0 Å². The zero-order valence-electron chi connectivity index (χ0n) is 17.9. The molecule has 0 radical (unpaired) electrons. The molecule has 0 aromatic heterocycles. The van der Waals surface area contributed by atoms with Crippen molar-refractivity contribution < 1.29 is 19.3 Å². The van der Waals surface area contributed by atoms with Crippen molar-refractivity contribution in [2.75, 3.05) is 46.1 Å². The molecule has 2 aliphatic heterocycles. The van der Waals surface area contributed by atoms with Crippen molar-refractivity contribution in [1.82, 2.24) is 9.80 Å². The van der Waals surface area contributed by atoms with Crippen molar-refractivity contribution >= 4 is 0 Å². The minimum atomic E-state index is -0.495. The van der Waals surface area contributed by atoms with Crippen LogP contribution in [0.5, 0.6) is 17.2 Å². The van der Waals surface area contributed by atoms with Crippen LogP contribution in [0.15, 0.2) is 42.5 Å². The monoisotopic (exact) mass is 412 g/mol. The third-order valence-corrected chi connectivity index (χ3v) is 5.75. The van der Waals surface area contributed by atoms with Crippen LogP contribution < -0.4 is 14.2 Å². The summed E-state index contributed by atoms with van der Waals surface area (Å²) in [7, 11) is 0. The van der Waals surface area contributed by atoms with Crippen LogP contribution in [0, 0.1) is 0 Å². The van der Waals surface area contributed by atoms with Gasteiger partial charge in [-0.25, -0.2) is 0 Å². The lowest BCUT2D eigenvalue weighted by Gasteiger charge is -2.35. The fraction of sp³-hybridized carbons (Fsp3) is 0.500. The smallest absolute Gasteiger partial charge is 0.231 e. The van der Waals surface area contributed by atoms with Crippen molar-refractivity contribution in [3.63, 3.8) is 0 Å². The Kier molecular flexibility index (Phi) is 6.77. The number of rotatable bonds is 8. The number of ether oxygens (including phenoxy) is 3. The van der Waals surface area contributed by atoms with E-state index in [1.807, 2.05) is 24.3 Å². The first-order chi connectivity index (χ1) is 14.6. The molecule has 30 heavy (non-hydrogen) atoms. The summed E-state index contributed by atoms with van der Waals surface area (Å²) in [6.45, 7) is 10.4. The van der Waals surface area contributed by atoms with Gasteiger partial charge in [0, 0.05) is 39.3 Å². The maximum Gasteiger partial charge on any atom is 0.231 e. The second kappa shape index (κ2) is 9.69. The maximum absolute atomic E-state index is 10.5. The SMILES string of the molecule is CC(C)c1ccccc1OC[C@@H](O)CN1CCN(Cc2ccc3c(c2)OCO3)CC1. The average molecular weight is 413 g/mol. The van der Waals surface area contributed by atoms with E-state index in [4.69, 9.17) is 14.2 Å². The number of piperazine rings is 1. The Bertz CT molecular complexity index is 834. The lowest BCUT2D eigenvalue weighted by molar-refractivity contribution is 0.0443. The molecule has 0 bridgehead atoms. The van der Waals surface area contributed by atoms with E-state index in [0.29, 0.717) is 25.9 Å². The van der Waals surface area contributed by atoms with E-state index in [9.17, 15) is 5.11 Å². The number of aliphatic hydroxyl groups excluding tert-OH is 1. The minimum Gasteiger partial charge on any atom is -0.491 e. The molecular weight excluding hydrogens is 380 g/mol. The lowest BCUT2D eigenvalue weighted by Crippen LogP contribution is -2.48. The third kappa shape index (κ3) is 5.25. The van der Waals surface area contributed by atoms with E-state index in [2.05, 4.69) is 41.8 Å². The zero-order valence-corrected chi connectivity index (χ0v) is 17.9. The number of fused-ring (bicyclic) bond motifs is 1. The number of aliphatic hydroxyl groups is 1. The summed E-state index contributed by atoms with van der Waals surface area (Å²) >= 11 is 0. The Morgan fingerprint density at radius 2 is 1.70 bits per heavy atom. The van der Waals surface area contributed by atoms with Gasteiger partial charge in [0.2, 0.25) is 6.79 Å². The van der Waals surface area contributed by atoms with E-state index in [0.717, 1.165) is 50.0 Å². The molecule has 2 aromatic carbocycles. The molecule has 2 aliphatic rings. The molecular formula is C24H32N2O4. The van der Waals surface area contributed by atoms with E-state index in [1.165, 1.54) is 11.1 Å². The normalized spacial score (nSPS) is 18.0. The van der Waals surface area contributed by atoms with Gasteiger partial charge in [-0.2, -0.15) is 0 Å². The predicted octanol–water partition coefficient (Wildman–Crippen LogP) is 3.10. The Balaban J connectivity index is 1.20. The van der Waals surface area contributed by atoms with Gasteiger partial charge in [-0.05, 0) is 35.2 Å². The summed E-state index contributed by atoms with van der Waals surface area (Å²) in [5, 5.41) is 10.5. The van der Waals surface area contributed by atoms with Gasteiger partial charge < -0.3 is 19.3 Å². The molecule has 0 unspecified atom stereocenters. The number of hydrogen-bond donors (Lipinski definition) is 1. The highest BCUT2D eigenvalue weighted by Crippen LogP contribution is 2.33. The topological polar surface area (TPSA) is 54.4 Å². The number of β-amino-alcohol motifs (C(OH)–C–C–N with tert-alkyl or cyclic N) is 1. The number of para-hydroxylation sites is 1. The van der Waals surface area contributed by atoms with E-state index in [-0.39, 0.29) is 0 Å². The van der Waals surface area contributed by atoms with Crippen LogP contribution in [0.4, 0.5) is 0 Å². The van der Waals surface area contributed by atoms with Crippen LogP contribution in [0.2, 0.25) is 0 Å². The number of benzene rings is 2. The van der Waals surface area contributed by atoms with Gasteiger partial charge in [0.05, 0.1) is 0 Å². The van der Waals surface area contributed by atoms with Crippen molar-refractivity contribution in [1.29, 1.82) is 0 Å². The van der Waals surface area contributed by atoms with Crippen LogP contribution >= 0.6 is 0 Å². The van der Waals surface area contributed by atoms with E-state index >= 15 is 0 Å². The Morgan fingerprint density at radius 1 is 0.967 bits per heavy atom. The number of nitrogens with zero attached hydrogens (tertiary/aromatic N) is 2. The molecule has 6 heteroatoms. The largest absolute Gasteiger partial charge is 0.491 e. The molecule has 0 amide bonds. The second-order valence-electron chi connectivity index (χ2n) is 8.42. The van der Waals surface area contributed by atoms with Crippen LogP contribution in [0.1, 0.15) is 30.9 Å². The zero-order chi connectivity index (χ0) is 20.9. The van der Waals surface area contributed by atoms with Crippen LogP contribution in [-0.2, 0) is 6.54 Å². The molecule has 1 N–H and O–H groups in total. The summed E-state index contributed by atoms with van der Waals surface area (Å²) in [5.74, 6) is 2.94. The average Bonchev–Trinajstić information content (AvgIpc) is 3.22. The summed E-state index contributed by atoms with van der Waals surface area (Å²) in [6, 6.07) is 14.2. The molecule has 1 fully saturated rings. The summed E-state index contributed by atoms with van der Waals surface area (Å²) < 4.78 is 16.8. The third-order valence-electron chi connectivity index (χ3n) is 5.75. The molecule has 0 spiro atoms. The molecule has 2 heterocycles. The Labute approximate surface area is 179 Å². The van der Waals surface area contributed by atoms with Crippen molar-refractivity contribution in [3.05, 3.63) is 53.6 Å².